The standard InChI is InChI=1S/C12H15N3/c1-9-4-3-5-11(8-9)10(2)15-12(13)6-7-14-15/h3-8,10H,13H2,1-2H3. The monoisotopic (exact) mass is 201 g/mol. The summed E-state index contributed by atoms with van der Waals surface area (Å²) in [7, 11) is 0. The van der Waals surface area contributed by atoms with Gasteiger partial charge in [0.25, 0.3) is 0 Å². The van der Waals surface area contributed by atoms with Gasteiger partial charge in [-0.25, -0.2) is 4.68 Å². The lowest BCUT2D eigenvalue weighted by Gasteiger charge is -2.14. The summed E-state index contributed by atoms with van der Waals surface area (Å²) in [4.78, 5) is 0. The number of hydrogen-bond donors (Lipinski definition) is 1. The molecule has 0 amide bonds. The quantitative estimate of drug-likeness (QED) is 0.810. The number of benzene rings is 1. The molecule has 3 heteroatoms. The molecule has 2 aromatic rings. The minimum atomic E-state index is 0.180. The summed E-state index contributed by atoms with van der Waals surface area (Å²) in [5.74, 6) is 0.698. The first-order chi connectivity index (χ1) is 7.18. The van der Waals surface area contributed by atoms with Crippen LogP contribution in [0.1, 0.15) is 24.1 Å². The van der Waals surface area contributed by atoms with Gasteiger partial charge in [0.2, 0.25) is 0 Å². The summed E-state index contributed by atoms with van der Waals surface area (Å²) in [6.45, 7) is 4.18. The van der Waals surface area contributed by atoms with E-state index in [-0.39, 0.29) is 6.04 Å². The van der Waals surface area contributed by atoms with Crippen molar-refractivity contribution >= 4 is 5.82 Å². The fourth-order valence-corrected chi connectivity index (χ4v) is 1.72. The molecular weight excluding hydrogens is 186 g/mol. The highest BCUT2D eigenvalue weighted by atomic mass is 15.3. The Labute approximate surface area is 89.5 Å². The lowest BCUT2D eigenvalue weighted by Crippen LogP contribution is -2.11. The molecule has 0 aliphatic heterocycles. The molecular formula is C12H15N3. The van der Waals surface area contributed by atoms with Gasteiger partial charge in [-0.3, -0.25) is 0 Å². The van der Waals surface area contributed by atoms with Crippen molar-refractivity contribution in [3.05, 3.63) is 47.7 Å². The number of aromatic nitrogens is 2. The van der Waals surface area contributed by atoms with E-state index >= 15 is 0 Å². The third-order valence-corrected chi connectivity index (χ3v) is 2.59. The summed E-state index contributed by atoms with van der Waals surface area (Å²) in [5, 5.41) is 4.21. The molecule has 0 bridgehead atoms. The van der Waals surface area contributed by atoms with Gasteiger partial charge in [-0.15, -0.1) is 0 Å². The number of hydrogen-bond acceptors (Lipinski definition) is 2. The molecule has 1 aromatic carbocycles. The van der Waals surface area contributed by atoms with Crippen LogP contribution in [0.5, 0.6) is 0 Å². The average molecular weight is 201 g/mol. The van der Waals surface area contributed by atoms with Crippen molar-refractivity contribution in [3.8, 4) is 0 Å². The van der Waals surface area contributed by atoms with Crippen LogP contribution in [0.2, 0.25) is 0 Å². The highest BCUT2D eigenvalue weighted by Crippen LogP contribution is 2.20. The molecule has 1 unspecified atom stereocenters. The molecule has 1 atom stereocenters. The van der Waals surface area contributed by atoms with Crippen molar-refractivity contribution in [2.45, 2.75) is 19.9 Å². The van der Waals surface area contributed by atoms with Crippen LogP contribution in [0.4, 0.5) is 5.82 Å². The van der Waals surface area contributed by atoms with Gasteiger partial charge in [0.1, 0.15) is 5.82 Å². The summed E-state index contributed by atoms with van der Waals surface area (Å²) >= 11 is 0. The van der Waals surface area contributed by atoms with E-state index in [0.29, 0.717) is 5.82 Å². The van der Waals surface area contributed by atoms with E-state index in [1.54, 1.807) is 6.20 Å². The molecule has 0 aliphatic carbocycles. The molecule has 15 heavy (non-hydrogen) atoms. The van der Waals surface area contributed by atoms with Gasteiger partial charge in [-0.2, -0.15) is 5.10 Å². The largest absolute Gasteiger partial charge is 0.384 e. The van der Waals surface area contributed by atoms with Gasteiger partial charge in [-0.1, -0.05) is 29.8 Å². The Bertz CT molecular complexity index is 459. The van der Waals surface area contributed by atoms with Crippen molar-refractivity contribution in [2.24, 2.45) is 0 Å². The molecule has 78 valence electrons. The maximum absolute atomic E-state index is 5.82. The van der Waals surface area contributed by atoms with Crippen molar-refractivity contribution in [1.29, 1.82) is 0 Å². The predicted molar refractivity (Wildman–Crippen MR) is 61.6 cm³/mol. The van der Waals surface area contributed by atoms with Gasteiger partial charge in [0, 0.05) is 0 Å². The van der Waals surface area contributed by atoms with Crippen molar-refractivity contribution in [3.63, 3.8) is 0 Å². The van der Waals surface area contributed by atoms with Gasteiger partial charge < -0.3 is 5.73 Å². The van der Waals surface area contributed by atoms with Crippen molar-refractivity contribution < 1.29 is 0 Å². The predicted octanol–water partition coefficient (Wildman–Crippen LogP) is 2.38. The molecule has 1 heterocycles. The first-order valence-corrected chi connectivity index (χ1v) is 5.04. The smallest absolute Gasteiger partial charge is 0.122 e. The van der Waals surface area contributed by atoms with Gasteiger partial charge in [0.15, 0.2) is 0 Å². The molecule has 2 rings (SSSR count). The van der Waals surface area contributed by atoms with Gasteiger partial charge in [0.05, 0.1) is 12.2 Å². The molecule has 0 saturated heterocycles. The molecule has 0 saturated carbocycles. The van der Waals surface area contributed by atoms with E-state index in [2.05, 4.69) is 43.2 Å². The molecule has 3 nitrogen and oxygen atoms in total. The Morgan fingerprint density at radius 3 is 2.73 bits per heavy atom. The number of anilines is 1. The lowest BCUT2D eigenvalue weighted by atomic mass is 10.1. The molecule has 2 N–H and O–H groups in total. The van der Waals surface area contributed by atoms with E-state index in [1.165, 1.54) is 11.1 Å². The van der Waals surface area contributed by atoms with E-state index in [0.717, 1.165) is 0 Å². The minimum absolute atomic E-state index is 0.180. The van der Waals surface area contributed by atoms with Crippen LogP contribution in [-0.4, -0.2) is 9.78 Å². The van der Waals surface area contributed by atoms with Crippen LogP contribution >= 0.6 is 0 Å². The topological polar surface area (TPSA) is 43.8 Å². The van der Waals surface area contributed by atoms with Crippen LogP contribution in [0.15, 0.2) is 36.5 Å². The Balaban J connectivity index is 2.36. The van der Waals surface area contributed by atoms with Crippen LogP contribution in [-0.2, 0) is 0 Å². The van der Waals surface area contributed by atoms with Crippen molar-refractivity contribution in [2.75, 3.05) is 5.73 Å². The zero-order chi connectivity index (χ0) is 10.8. The third kappa shape index (κ3) is 1.86. The lowest BCUT2D eigenvalue weighted by molar-refractivity contribution is 0.573. The van der Waals surface area contributed by atoms with Crippen LogP contribution in [0.25, 0.3) is 0 Å². The summed E-state index contributed by atoms with van der Waals surface area (Å²) in [6, 6.07) is 10.4. The first kappa shape index (κ1) is 9.77. The second-order valence-corrected chi connectivity index (χ2v) is 3.79. The third-order valence-electron chi connectivity index (χ3n) is 2.59. The maximum Gasteiger partial charge on any atom is 0.122 e. The van der Waals surface area contributed by atoms with Gasteiger partial charge >= 0.3 is 0 Å². The molecule has 1 aromatic heterocycles. The number of rotatable bonds is 2. The molecule has 0 radical (unpaired) electrons. The van der Waals surface area contributed by atoms with E-state index < -0.39 is 0 Å². The summed E-state index contributed by atoms with van der Waals surface area (Å²) in [6.07, 6.45) is 1.72. The number of nitrogen functional groups attached to an aromatic ring is 1. The average Bonchev–Trinajstić information content (AvgIpc) is 2.63. The zero-order valence-corrected chi connectivity index (χ0v) is 9.01. The SMILES string of the molecule is Cc1cccc(C(C)n2nccc2N)c1. The number of nitrogens with zero attached hydrogens (tertiary/aromatic N) is 2. The Morgan fingerprint density at radius 2 is 2.13 bits per heavy atom. The van der Waals surface area contributed by atoms with Crippen LogP contribution in [0.3, 0.4) is 0 Å². The minimum Gasteiger partial charge on any atom is -0.384 e. The fourth-order valence-electron chi connectivity index (χ4n) is 1.72. The zero-order valence-electron chi connectivity index (χ0n) is 9.01. The molecule has 0 spiro atoms. The Kier molecular flexibility index (Phi) is 2.46. The molecule has 0 fully saturated rings. The second-order valence-electron chi connectivity index (χ2n) is 3.79. The number of aryl methyl sites for hydroxylation is 1. The molecule has 0 aliphatic rings. The van der Waals surface area contributed by atoms with E-state index in [9.17, 15) is 0 Å². The van der Waals surface area contributed by atoms with Gasteiger partial charge in [-0.05, 0) is 25.5 Å². The van der Waals surface area contributed by atoms with E-state index in [4.69, 9.17) is 5.73 Å². The highest BCUT2D eigenvalue weighted by Gasteiger charge is 2.10. The van der Waals surface area contributed by atoms with Crippen LogP contribution < -0.4 is 5.73 Å². The number of nitrogens with two attached hydrogens (primary N) is 1. The van der Waals surface area contributed by atoms with E-state index in [1.807, 2.05) is 10.7 Å². The fraction of sp³-hybridized carbons (Fsp3) is 0.250. The maximum atomic E-state index is 5.82. The Hall–Kier alpha value is -1.77. The highest BCUT2D eigenvalue weighted by molar-refractivity contribution is 5.31. The van der Waals surface area contributed by atoms with Crippen LogP contribution in [0, 0.1) is 6.92 Å². The van der Waals surface area contributed by atoms with Crippen molar-refractivity contribution in [1.82, 2.24) is 9.78 Å². The summed E-state index contributed by atoms with van der Waals surface area (Å²) < 4.78 is 1.83. The Morgan fingerprint density at radius 1 is 1.33 bits per heavy atom. The summed E-state index contributed by atoms with van der Waals surface area (Å²) in [5.41, 5.74) is 8.30. The first-order valence-electron chi connectivity index (χ1n) is 5.04. The second kappa shape index (κ2) is 3.77. The normalized spacial score (nSPS) is 12.7.